The molecule has 0 aliphatic rings. The van der Waals surface area contributed by atoms with Crippen LogP contribution in [0.4, 0.5) is 13.2 Å². The standard InChI is InChI=1S/C5H8F3NO2/c1-2-4(11,3(9)10)5(6,7)8/h11H,2H2,1H3,(H2,9,10)/t4-/m0/s1. The number of carbonyl (C=O) groups is 1. The Morgan fingerprint density at radius 3 is 1.91 bits per heavy atom. The first-order valence-electron chi connectivity index (χ1n) is 2.84. The highest BCUT2D eigenvalue weighted by atomic mass is 19.4. The number of carbonyl (C=O) groups excluding carboxylic acids is 1. The molecule has 0 bridgehead atoms. The summed E-state index contributed by atoms with van der Waals surface area (Å²) < 4.78 is 35.4. The number of hydrogen-bond donors (Lipinski definition) is 2. The van der Waals surface area contributed by atoms with E-state index in [0.717, 1.165) is 6.92 Å². The van der Waals surface area contributed by atoms with Gasteiger partial charge in [0.1, 0.15) is 0 Å². The van der Waals surface area contributed by atoms with Crippen LogP contribution >= 0.6 is 0 Å². The summed E-state index contributed by atoms with van der Waals surface area (Å²) in [5.41, 5.74) is 0.977. The second-order valence-electron chi connectivity index (χ2n) is 2.08. The molecule has 0 rings (SSSR count). The van der Waals surface area contributed by atoms with Gasteiger partial charge in [-0.05, 0) is 6.42 Å². The highest BCUT2D eigenvalue weighted by Crippen LogP contribution is 2.32. The van der Waals surface area contributed by atoms with Crippen LogP contribution in [-0.2, 0) is 4.79 Å². The van der Waals surface area contributed by atoms with Crippen LogP contribution in [-0.4, -0.2) is 22.8 Å². The molecule has 66 valence electrons. The second kappa shape index (κ2) is 2.69. The van der Waals surface area contributed by atoms with E-state index < -0.39 is 24.1 Å². The number of amides is 1. The van der Waals surface area contributed by atoms with Gasteiger partial charge in [0.2, 0.25) is 5.60 Å². The van der Waals surface area contributed by atoms with Gasteiger partial charge in [0.15, 0.2) is 0 Å². The summed E-state index contributed by atoms with van der Waals surface area (Å²) in [4.78, 5) is 10.2. The maximum Gasteiger partial charge on any atom is 0.426 e. The molecule has 0 heterocycles. The fraction of sp³-hybridized carbons (Fsp3) is 0.800. The predicted octanol–water partition coefficient (Wildman–Crippen LogP) is 0.175. The molecule has 0 fully saturated rings. The van der Waals surface area contributed by atoms with Crippen LogP contribution in [0.2, 0.25) is 0 Å². The number of rotatable bonds is 2. The number of nitrogens with two attached hydrogens (primary N) is 1. The monoisotopic (exact) mass is 171 g/mol. The molecule has 0 spiro atoms. The molecule has 0 radical (unpaired) electrons. The Balaban J connectivity index is 4.75. The average molecular weight is 171 g/mol. The SMILES string of the molecule is CC[C@](O)(C(N)=O)C(F)(F)F. The lowest BCUT2D eigenvalue weighted by molar-refractivity contribution is -0.250. The van der Waals surface area contributed by atoms with Crippen molar-refractivity contribution < 1.29 is 23.1 Å². The third-order valence-electron chi connectivity index (χ3n) is 1.39. The Hall–Kier alpha value is -0.780. The van der Waals surface area contributed by atoms with Gasteiger partial charge in [-0.3, -0.25) is 4.79 Å². The Kier molecular flexibility index (Phi) is 2.50. The zero-order chi connectivity index (χ0) is 9.28. The molecule has 0 unspecified atom stereocenters. The van der Waals surface area contributed by atoms with Crippen molar-refractivity contribution in [3.8, 4) is 0 Å². The zero-order valence-corrected chi connectivity index (χ0v) is 5.77. The molecule has 1 atom stereocenters. The van der Waals surface area contributed by atoms with Gasteiger partial charge >= 0.3 is 6.18 Å². The molecular weight excluding hydrogens is 163 g/mol. The maximum atomic E-state index is 11.8. The van der Waals surface area contributed by atoms with Crippen LogP contribution in [0.15, 0.2) is 0 Å². The van der Waals surface area contributed by atoms with Crippen LogP contribution in [0.25, 0.3) is 0 Å². The molecular formula is C5H8F3NO2. The molecule has 0 saturated heterocycles. The lowest BCUT2D eigenvalue weighted by atomic mass is 10.00. The van der Waals surface area contributed by atoms with Crippen LogP contribution in [0.3, 0.4) is 0 Å². The highest BCUT2D eigenvalue weighted by Gasteiger charge is 2.57. The van der Waals surface area contributed by atoms with Crippen molar-refractivity contribution in [2.24, 2.45) is 5.73 Å². The highest BCUT2D eigenvalue weighted by molar-refractivity contribution is 5.84. The van der Waals surface area contributed by atoms with Gasteiger partial charge < -0.3 is 10.8 Å². The van der Waals surface area contributed by atoms with E-state index in [1.54, 1.807) is 0 Å². The summed E-state index contributed by atoms with van der Waals surface area (Å²) in [5, 5.41) is 8.63. The molecule has 0 saturated carbocycles. The van der Waals surface area contributed by atoms with Crippen molar-refractivity contribution in [1.29, 1.82) is 0 Å². The van der Waals surface area contributed by atoms with E-state index in [1.807, 2.05) is 0 Å². The lowest BCUT2D eigenvalue weighted by Gasteiger charge is -2.25. The van der Waals surface area contributed by atoms with E-state index in [9.17, 15) is 18.0 Å². The Morgan fingerprint density at radius 1 is 1.55 bits per heavy atom. The quantitative estimate of drug-likeness (QED) is 0.622. The predicted molar refractivity (Wildman–Crippen MR) is 30.5 cm³/mol. The molecule has 0 aliphatic heterocycles. The topological polar surface area (TPSA) is 63.3 Å². The summed E-state index contributed by atoms with van der Waals surface area (Å²) in [6.07, 6.45) is -5.76. The van der Waals surface area contributed by atoms with Gasteiger partial charge in [-0.15, -0.1) is 0 Å². The smallest absolute Gasteiger partial charge is 0.373 e. The van der Waals surface area contributed by atoms with Crippen molar-refractivity contribution >= 4 is 5.91 Å². The van der Waals surface area contributed by atoms with Gasteiger partial charge in [-0.25, -0.2) is 0 Å². The van der Waals surface area contributed by atoms with Gasteiger partial charge in [0, 0.05) is 0 Å². The van der Waals surface area contributed by atoms with Crippen molar-refractivity contribution in [3.63, 3.8) is 0 Å². The van der Waals surface area contributed by atoms with Crippen LogP contribution in [0.1, 0.15) is 13.3 Å². The third-order valence-corrected chi connectivity index (χ3v) is 1.39. The number of aliphatic hydroxyl groups is 1. The van der Waals surface area contributed by atoms with Gasteiger partial charge in [-0.2, -0.15) is 13.2 Å². The molecule has 1 amide bonds. The fourth-order valence-corrected chi connectivity index (χ4v) is 0.514. The minimum Gasteiger partial charge on any atom is -0.373 e. The van der Waals surface area contributed by atoms with E-state index >= 15 is 0 Å². The Labute approximate surface area is 61.0 Å². The van der Waals surface area contributed by atoms with E-state index in [2.05, 4.69) is 5.73 Å². The lowest BCUT2D eigenvalue weighted by Crippen LogP contribution is -2.54. The maximum absolute atomic E-state index is 11.8. The molecule has 0 aromatic rings. The third kappa shape index (κ3) is 1.62. The number of primary amides is 1. The first kappa shape index (κ1) is 10.2. The minimum absolute atomic E-state index is 0.772. The van der Waals surface area contributed by atoms with Crippen molar-refractivity contribution in [2.45, 2.75) is 25.1 Å². The normalized spacial score (nSPS) is 17.5. The first-order valence-corrected chi connectivity index (χ1v) is 2.84. The van der Waals surface area contributed by atoms with Crippen LogP contribution in [0.5, 0.6) is 0 Å². The molecule has 3 N–H and O–H groups in total. The molecule has 6 heteroatoms. The summed E-state index contributed by atoms with van der Waals surface area (Å²) in [6, 6.07) is 0. The van der Waals surface area contributed by atoms with Crippen molar-refractivity contribution in [2.75, 3.05) is 0 Å². The fourth-order valence-electron chi connectivity index (χ4n) is 0.514. The van der Waals surface area contributed by atoms with E-state index in [1.165, 1.54) is 0 Å². The number of halogens is 3. The van der Waals surface area contributed by atoms with Crippen molar-refractivity contribution in [1.82, 2.24) is 0 Å². The van der Waals surface area contributed by atoms with E-state index in [-0.39, 0.29) is 0 Å². The van der Waals surface area contributed by atoms with Crippen LogP contribution in [0, 0.1) is 0 Å². The van der Waals surface area contributed by atoms with Gasteiger partial charge in [0.25, 0.3) is 5.91 Å². The summed E-state index contributed by atoms with van der Waals surface area (Å²) in [5.74, 6) is -1.77. The molecule has 0 aromatic carbocycles. The first-order chi connectivity index (χ1) is 4.75. The molecule has 0 aliphatic carbocycles. The largest absolute Gasteiger partial charge is 0.426 e. The summed E-state index contributed by atoms with van der Waals surface area (Å²) in [7, 11) is 0. The van der Waals surface area contributed by atoms with Gasteiger partial charge in [-0.1, -0.05) is 6.92 Å². The Morgan fingerprint density at radius 2 is 1.91 bits per heavy atom. The van der Waals surface area contributed by atoms with Gasteiger partial charge in [0.05, 0.1) is 0 Å². The average Bonchev–Trinajstić information content (AvgIpc) is 1.83. The van der Waals surface area contributed by atoms with E-state index in [4.69, 9.17) is 5.11 Å². The molecule has 3 nitrogen and oxygen atoms in total. The van der Waals surface area contributed by atoms with Crippen molar-refractivity contribution in [3.05, 3.63) is 0 Å². The molecule has 11 heavy (non-hydrogen) atoms. The van der Waals surface area contributed by atoms with Crippen LogP contribution < -0.4 is 5.73 Å². The summed E-state index contributed by atoms with van der Waals surface area (Å²) in [6.45, 7) is 1.03. The number of hydrogen-bond acceptors (Lipinski definition) is 2. The minimum atomic E-state index is -4.99. The Bertz CT molecular complexity index is 168. The second-order valence-corrected chi connectivity index (χ2v) is 2.08. The summed E-state index contributed by atoms with van der Waals surface area (Å²) >= 11 is 0. The van der Waals surface area contributed by atoms with E-state index in [0.29, 0.717) is 0 Å². The number of alkyl halides is 3. The zero-order valence-electron chi connectivity index (χ0n) is 5.77. The molecule has 0 aromatic heterocycles.